The summed E-state index contributed by atoms with van der Waals surface area (Å²) in [5, 5.41) is 11.9. The molecule has 7 heteroatoms. The van der Waals surface area contributed by atoms with Gasteiger partial charge < -0.3 is 10.4 Å². The topological polar surface area (TPSA) is 101 Å². The zero-order valence-electron chi connectivity index (χ0n) is 14.5. The average Bonchev–Trinajstić information content (AvgIpc) is 2.68. The summed E-state index contributed by atoms with van der Waals surface area (Å²) in [4.78, 5) is 40.7. The molecule has 0 saturated carbocycles. The number of aliphatic carboxylic acids is 1. The number of amides is 1. The number of rotatable bonds is 7. The molecule has 0 unspecified atom stereocenters. The summed E-state index contributed by atoms with van der Waals surface area (Å²) < 4.78 is 1.31. The number of para-hydroxylation sites is 1. The molecule has 0 aliphatic rings. The molecule has 1 heterocycles. The highest BCUT2D eigenvalue weighted by Crippen LogP contribution is 2.18. The van der Waals surface area contributed by atoms with Crippen LogP contribution in [-0.4, -0.2) is 33.1 Å². The Labute approximate surface area is 155 Å². The standard InChI is InChI=1S/C20H19N3O4/c24-17(25)11-6-12-21-19(26)18(14-7-2-1-3-8-14)23-13-22-16-10-5-4-9-15(16)20(23)27/h1-5,7-10,13,18H,6,11-12H2,(H,21,26)(H,24,25)/t18-/m0/s1. The smallest absolute Gasteiger partial charge is 0.303 e. The molecule has 0 fully saturated rings. The number of carbonyl (C=O) groups excluding carboxylic acids is 1. The van der Waals surface area contributed by atoms with E-state index in [-0.39, 0.29) is 24.4 Å². The molecular formula is C20H19N3O4. The van der Waals surface area contributed by atoms with Crippen LogP contribution in [0.1, 0.15) is 24.4 Å². The van der Waals surface area contributed by atoms with Gasteiger partial charge in [0.25, 0.3) is 5.56 Å². The minimum atomic E-state index is -0.918. The fourth-order valence-corrected chi connectivity index (χ4v) is 2.89. The number of fused-ring (bicyclic) bond motifs is 1. The van der Waals surface area contributed by atoms with Crippen LogP contribution in [0.15, 0.2) is 65.7 Å². The van der Waals surface area contributed by atoms with E-state index in [1.807, 2.05) is 6.07 Å². The van der Waals surface area contributed by atoms with Crippen molar-refractivity contribution in [2.75, 3.05) is 6.54 Å². The van der Waals surface area contributed by atoms with Gasteiger partial charge in [-0.3, -0.25) is 19.0 Å². The Morgan fingerprint density at radius 3 is 2.52 bits per heavy atom. The molecule has 138 valence electrons. The molecule has 27 heavy (non-hydrogen) atoms. The Balaban J connectivity index is 1.96. The molecule has 2 N–H and O–H groups in total. The van der Waals surface area contributed by atoms with Crippen molar-refractivity contribution >= 4 is 22.8 Å². The van der Waals surface area contributed by atoms with E-state index in [1.165, 1.54) is 10.9 Å². The minimum absolute atomic E-state index is 0.0340. The Morgan fingerprint density at radius 1 is 1.07 bits per heavy atom. The predicted octanol–water partition coefficient (Wildman–Crippen LogP) is 1.97. The van der Waals surface area contributed by atoms with Crippen molar-refractivity contribution < 1.29 is 14.7 Å². The summed E-state index contributed by atoms with van der Waals surface area (Å²) in [7, 11) is 0. The van der Waals surface area contributed by atoms with Crippen molar-refractivity contribution in [3.63, 3.8) is 0 Å². The normalized spacial score (nSPS) is 11.9. The van der Waals surface area contributed by atoms with E-state index in [4.69, 9.17) is 5.11 Å². The second-order valence-corrected chi connectivity index (χ2v) is 6.08. The van der Waals surface area contributed by atoms with Gasteiger partial charge in [0.05, 0.1) is 17.2 Å². The molecule has 7 nitrogen and oxygen atoms in total. The third-order valence-electron chi connectivity index (χ3n) is 4.20. The molecule has 3 aromatic rings. The first-order chi connectivity index (χ1) is 13.1. The predicted molar refractivity (Wildman–Crippen MR) is 100 cm³/mol. The second kappa shape index (κ2) is 8.27. The van der Waals surface area contributed by atoms with Crippen molar-refractivity contribution in [1.29, 1.82) is 0 Å². The van der Waals surface area contributed by atoms with Gasteiger partial charge in [0.15, 0.2) is 0 Å². The third-order valence-corrected chi connectivity index (χ3v) is 4.20. The lowest BCUT2D eigenvalue weighted by atomic mass is 10.1. The first kappa shape index (κ1) is 18.3. The van der Waals surface area contributed by atoms with Crippen molar-refractivity contribution in [3.8, 4) is 0 Å². The van der Waals surface area contributed by atoms with Crippen molar-refractivity contribution in [2.24, 2.45) is 0 Å². The lowest BCUT2D eigenvalue weighted by Crippen LogP contribution is -2.38. The molecule has 0 aliphatic heterocycles. The quantitative estimate of drug-likeness (QED) is 0.623. The van der Waals surface area contributed by atoms with Crippen LogP contribution in [0, 0.1) is 0 Å². The van der Waals surface area contributed by atoms with E-state index in [0.717, 1.165) is 0 Å². The van der Waals surface area contributed by atoms with Crippen LogP contribution >= 0.6 is 0 Å². The number of nitrogens with one attached hydrogen (secondary N) is 1. The number of carboxylic acid groups (broad SMARTS) is 1. The largest absolute Gasteiger partial charge is 0.481 e. The Kier molecular flexibility index (Phi) is 5.61. The van der Waals surface area contributed by atoms with Gasteiger partial charge in [0, 0.05) is 13.0 Å². The van der Waals surface area contributed by atoms with Crippen molar-refractivity contribution in [3.05, 3.63) is 76.8 Å². The number of carbonyl (C=O) groups is 2. The van der Waals surface area contributed by atoms with Crippen LogP contribution in [0.4, 0.5) is 0 Å². The van der Waals surface area contributed by atoms with E-state index in [1.54, 1.807) is 48.5 Å². The highest BCUT2D eigenvalue weighted by Gasteiger charge is 2.24. The van der Waals surface area contributed by atoms with Gasteiger partial charge >= 0.3 is 5.97 Å². The average molecular weight is 365 g/mol. The number of aromatic nitrogens is 2. The SMILES string of the molecule is O=C(O)CCCNC(=O)[C@H](c1ccccc1)n1cnc2ccccc2c1=O. The van der Waals surface area contributed by atoms with Gasteiger partial charge in [-0.2, -0.15) is 0 Å². The Hall–Kier alpha value is -3.48. The molecule has 2 aromatic carbocycles. The van der Waals surface area contributed by atoms with Crippen molar-refractivity contribution in [2.45, 2.75) is 18.9 Å². The van der Waals surface area contributed by atoms with Gasteiger partial charge in [-0.25, -0.2) is 4.98 Å². The second-order valence-electron chi connectivity index (χ2n) is 6.08. The lowest BCUT2D eigenvalue weighted by molar-refractivity contribution is -0.137. The number of carboxylic acids is 1. The fraction of sp³-hybridized carbons (Fsp3) is 0.200. The summed E-state index contributed by atoms with van der Waals surface area (Å²) in [5.41, 5.74) is 0.898. The third kappa shape index (κ3) is 4.20. The van der Waals surface area contributed by atoms with Crippen LogP contribution in [0.3, 0.4) is 0 Å². The number of hydrogen-bond acceptors (Lipinski definition) is 4. The molecule has 1 atom stereocenters. The maximum absolute atomic E-state index is 12.9. The summed E-state index contributed by atoms with van der Waals surface area (Å²) in [6.45, 7) is 0.213. The molecule has 0 bridgehead atoms. The Morgan fingerprint density at radius 2 is 1.78 bits per heavy atom. The lowest BCUT2D eigenvalue weighted by Gasteiger charge is -2.20. The summed E-state index contributed by atoms with van der Waals surface area (Å²) in [6.07, 6.45) is 1.65. The van der Waals surface area contributed by atoms with Crippen LogP contribution in [0.25, 0.3) is 10.9 Å². The van der Waals surface area contributed by atoms with E-state index >= 15 is 0 Å². The van der Waals surface area contributed by atoms with Crippen LogP contribution in [0.2, 0.25) is 0 Å². The summed E-state index contributed by atoms with van der Waals surface area (Å²) >= 11 is 0. The maximum Gasteiger partial charge on any atom is 0.303 e. The molecule has 3 rings (SSSR count). The molecule has 1 aromatic heterocycles. The molecule has 1 amide bonds. The number of hydrogen-bond donors (Lipinski definition) is 2. The molecule has 0 spiro atoms. The maximum atomic E-state index is 12.9. The molecule has 0 saturated heterocycles. The monoisotopic (exact) mass is 365 g/mol. The van der Waals surface area contributed by atoms with E-state index < -0.39 is 12.0 Å². The van der Waals surface area contributed by atoms with Crippen LogP contribution in [-0.2, 0) is 9.59 Å². The highest BCUT2D eigenvalue weighted by molar-refractivity contribution is 5.84. The van der Waals surface area contributed by atoms with Gasteiger partial charge in [-0.1, -0.05) is 42.5 Å². The van der Waals surface area contributed by atoms with E-state index in [2.05, 4.69) is 10.3 Å². The first-order valence-corrected chi connectivity index (χ1v) is 8.58. The summed E-state index contributed by atoms with van der Waals surface area (Å²) in [6, 6.07) is 15.0. The zero-order chi connectivity index (χ0) is 19.2. The zero-order valence-corrected chi connectivity index (χ0v) is 14.5. The van der Waals surface area contributed by atoms with Gasteiger partial charge in [-0.15, -0.1) is 0 Å². The van der Waals surface area contributed by atoms with Gasteiger partial charge in [-0.05, 0) is 24.1 Å². The van der Waals surface area contributed by atoms with Crippen molar-refractivity contribution in [1.82, 2.24) is 14.9 Å². The summed E-state index contributed by atoms with van der Waals surface area (Å²) in [5.74, 6) is -1.30. The fourth-order valence-electron chi connectivity index (χ4n) is 2.89. The van der Waals surface area contributed by atoms with Crippen LogP contribution in [0.5, 0.6) is 0 Å². The van der Waals surface area contributed by atoms with E-state index in [0.29, 0.717) is 22.9 Å². The van der Waals surface area contributed by atoms with Gasteiger partial charge in [0.1, 0.15) is 6.04 Å². The van der Waals surface area contributed by atoms with E-state index in [9.17, 15) is 14.4 Å². The molecule has 0 aliphatic carbocycles. The number of nitrogens with zero attached hydrogens (tertiary/aromatic N) is 2. The van der Waals surface area contributed by atoms with Gasteiger partial charge in [0.2, 0.25) is 5.91 Å². The molecule has 0 radical (unpaired) electrons. The highest BCUT2D eigenvalue weighted by atomic mass is 16.4. The number of benzene rings is 2. The molecular weight excluding hydrogens is 346 g/mol. The minimum Gasteiger partial charge on any atom is -0.481 e. The Bertz CT molecular complexity index is 1010. The first-order valence-electron chi connectivity index (χ1n) is 8.58. The van der Waals surface area contributed by atoms with Crippen LogP contribution < -0.4 is 10.9 Å².